The maximum Gasteiger partial charge on any atom is 0.274 e. The predicted molar refractivity (Wildman–Crippen MR) is 96.6 cm³/mol. The lowest BCUT2D eigenvalue weighted by Gasteiger charge is -2.06. The lowest BCUT2D eigenvalue weighted by atomic mass is 10.1. The third kappa shape index (κ3) is 4.30. The molecule has 0 aliphatic heterocycles. The first-order valence-electron chi connectivity index (χ1n) is 7.59. The zero-order chi connectivity index (χ0) is 17.8. The van der Waals surface area contributed by atoms with E-state index in [0.29, 0.717) is 28.4 Å². The Hall–Kier alpha value is -2.99. The van der Waals surface area contributed by atoms with E-state index in [4.69, 9.17) is 11.6 Å². The molecule has 7 heteroatoms. The third-order valence-electron chi connectivity index (χ3n) is 3.58. The van der Waals surface area contributed by atoms with Gasteiger partial charge in [-0.1, -0.05) is 35.9 Å². The largest absolute Gasteiger partial charge is 0.324 e. The average molecular weight is 355 g/mol. The molecule has 0 aliphatic carbocycles. The van der Waals surface area contributed by atoms with Crippen molar-refractivity contribution in [2.24, 2.45) is 0 Å². The minimum atomic E-state index is -0.324. The van der Waals surface area contributed by atoms with Crippen LogP contribution in [0, 0.1) is 0 Å². The van der Waals surface area contributed by atoms with Gasteiger partial charge in [0, 0.05) is 22.7 Å². The fourth-order valence-electron chi connectivity index (χ4n) is 2.28. The molecular formula is C18H15ClN4O2. The number of nitrogens with one attached hydrogen (secondary N) is 2. The number of carbonyl (C=O) groups excluding carboxylic acids is 1. The van der Waals surface area contributed by atoms with Crippen LogP contribution in [0.3, 0.4) is 0 Å². The molecule has 0 bridgehead atoms. The number of hydrogen-bond donors (Lipinski definition) is 2. The number of aromatic nitrogens is 3. The molecule has 2 N–H and O–H groups in total. The van der Waals surface area contributed by atoms with Crippen LogP contribution in [0.1, 0.15) is 28.5 Å². The van der Waals surface area contributed by atoms with E-state index in [1.807, 2.05) is 12.1 Å². The Balaban J connectivity index is 1.78. The van der Waals surface area contributed by atoms with E-state index in [9.17, 15) is 9.59 Å². The van der Waals surface area contributed by atoms with Crippen molar-refractivity contribution in [1.82, 2.24) is 15.2 Å². The summed E-state index contributed by atoms with van der Waals surface area (Å²) in [7, 11) is 0. The van der Waals surface area contributed by atoms with Gasteiger partial charge in [-0.25, -0.2) is 0 Å². The zero-order valence-corrected chi connectivity index (χ0v) is 14.2. The van der Waals surface area contributed by atoms with Crippen LogP contribution in [0.15, 0.2) is 53.3 Å². The Kier molecular flexibility index (Phi) is 4.90. The Morgan fingerprint density at radius 3 is 2.60 bits per heavy atom. The summed E-state index contributed by atoms with van der Waals surface area (Å²) >= 11 is 5.85. The second-order valence-electron chi connectivity index (χ2n) is 5.51. The van der Waals surface area contributed by atoms with Gasteiger partial charge in [0.2, 0.25) is 5.95 Å². The summed E-state index contributed by atoms with van der Waals surface area (Å²) in [6.45, 7) is 1.49. The zero-order valence-electron chi connectivity index (χ0n) is 13.4. The number of H-pyrrole nitrogens is 1. The number of nitrogens with zero attached hydrogens (tertiary/aromatic N) is 2. The highest BCUT2D eigenvalue weighted by molar-refractivity contribution is 6.30. The van der Waals surface area contributed by atoms with Gasteiger partial charge in [0.15, 0.2) is 5.78 Å². The van der Waals surface area contributed by atoms with Crippen LogP contribution in [0.5, 0.6) is 0 Å². The van der Waals surface area contributed by atoms with E-state index in [1.165, 1.54) is 6.92 Å². The summed E-state index contributed by atoms with van der Waals surface area (Å²) in [4.78, 5) is 26.3. The third-order valence-corrected chi connectivity index (χ3v) is 3.83. The number of benzene rings is 2. The number of hydrogen-bond acceptors (Lipinski definition) is 5. The second kappa shape index (κ2) is 7.27. The summed E-state index contributed by atoms with van der Waals surface area (Å²) < 4.78 is 0. The van der Waals surface area contributed by atoms with Gasteiger partial charge >= 0.3 is 0 Å². The van der Waals surface area contributed by atoms with Crippen molar-refractivity contribution in [3.63, 3.8) is 0 Å². The van der Waals surface area contributed by atoms with Crippen LogP contribution in [0.2, 0.25) is 5.02 Å². The Bertz CT molecular complexity index is 967. The number of rotatable bonds is 5. The van der Waals surface area contributed by atoms with Crippen LogP contribution in [0.25, 0.3) is 0 Å². The topological polar surface area (TPSA) is 87.7 Å². The molecule has 0 atom stereocenters. The molecule has 25 heavy (non-hydrogen) atoms. The van der Waals surface area contributed by atoms with Crippen LogP contribution in [0.4, 0.5) is 11.6 Å². The van der Waals surface area contributed by atoms with Crippen LogP contribution >= 0.6 is 11.6 Å². The van der Waals surface area contributed by atoms with Gasteiger partial charge in [0.05, 0.1) is 0 Å². The molecule has 0 unspecified atom stereocenters. The Labute approximate surface area is 148 Å². The molecule has 6 nitrogen and oxygen atoms in total. The molecule has 3 rings (SSSR count). The molecule has 0 spiro atoms. The van der Waals surface area contributed by atoms with Crippen molar-refractivity contribution in [3.05, 3.63) is 80.7 Å². The second-order valence-corrected chi connectivity index (χ2v) is 5.95. The van der Waals surface area contributed by atoms with E-state index < -0.39 is 0 Å². The first kappa shape index (κ1) is 16.9. The molecule has 0 amide bonds. The van der Waals surface area contributed by atoms with Gasteiger partial charge < -0.3 is 5.32 Å². The number of ketones is 1. The quantitative estimate of drug-likeness (QED) is 0.686. The number of Topliss-reactive ketones (excluding diaryl/α,β-unsaturated/α-hetero) is 1. The normalized spacial score (nSPS) is 10.5. The van der Waals surface area contributed by atoms with E-state index >= 15 is 0 Å². The van der Waals surface area contributed by atoms with Crippen molar-refractivity contribution in [3.8, 4) is 0 Å². The summed E-state index contributed by atoms with van der Waals surface area (Å²) in [5.74, 6) is 0.173. The van der Waals surface area contributed by atoms with Crippen molar-refractivity contribution >= 4 is 29.0 Å². The Morgan fingerprint density at radius 2 is 1.92 bits per heavy atom. The van der Waals surface area contributed by atoms with Gasteiger partial charge in [0.25, 0.3) is 5.56 Å². The SMILES string of the molecule is CC(=O)c1cccc(Nc2nnc(Cc3ccc(Cl)cc3)c(=O)[nH]2)c1. The highest BCUT2D eigenvalue weighted by Gasteiger charge is 2.07. The van der Waals surface area contributed by atoms with Crippen LogP contribution < -0.4 is 10.9 Å². The molecule has 126 valence electrons. The molecule has 0 fully saturated rings. The number of halogens is 1. The molecule has 0 aliphatic rings. The molecule has 0 radical (unpaired) electrons. The van der Waals surface area contributed by atoms with Gasteiger partial charge in [-0.3, -0.25) is 14.6 Å². The van der Waals surface area contributed by atoms with E-state index in [-0.39, 0.29) is 17.3 Å². The fraction of sp³-hybridized carbons (Fsp3) is 0.111. The van der Waals surface area contributed by atoms with Gasteiger partial charge in [-0.05, 0) is 36.8 Å². The van der Waals surface area contributed by atoms with E-state index in [2.05, 4.69) is 20.5 Å². The first-order valence-corrected chi connectivity index (χ1v) is 7.97. The van der Waals surface area contributed by atoms with Crippen LogP contribution in [-0.2, 0) is 6.42 Å². The average Bonchev–Trinajstić information content (AvgIpc) is 2.59. The van der Waals surface area contributed by atoms with Crippen molar-refractivity contribution in [2.45, 2.75) is 13.3 Å². The van der Waals surface area contributed by atoms with E-state index in [1.54, 1.807) is 36.4 Å². The first-order chi connectivity index (χ1) is 12.0. The van der Waals surface area contributed by atoms with Crippen molar-refractivity contribution in [2.75, 3.05) is 5.32 Å². The van der Waals surface area contributed by atoms with Crippen LogP contribution in [-0.4, -0.2) is 21.0 Å². The maximum atomic E-state index is 12.2. The number of aromatic amines is 1. The summed E-state index contributed by atoms with van der Waals surface area (Å²) in [6.07, 6.45) is 0.361. The van der Waals surface area contributed by atoms with Gasteiger partial charge in [0.1, 0.15) is 5.69 Å². The lowest BCUT2D eigenvalue weighted by Crippen LogP contribution is -2.18. The highest BCUT2D eigenvalue weighted by atomic mass is 35.5. The minimum absolute atomic E-state index is 0.0402. The molecule has 3 aromatic rings. The molecule has 2 aromatic carbocycles. The predicted octanol–water partition coefficient (Wildman–Crippen LogP) is 3.36. The standard InChI is InChI=1S/C18H15ClN4O2/c1-11(24)13-3-2-4-15(10-13)20-18-21-17(25)16(22-23-18)9-12-5-7-14(19)8-6-12/h2-8,10H,9H2,1H3,(H2,20,21,23,25). The molecular weight excluding hydrogens is 340 g/mol. The van der Waals surface area contributed by atoms with Crippen molar-refractivity contribution in [1.29, 1.82) is 0 Å². The molecule has 0 saturated carbocycles. The molecule has 1 heterocycles. The lowest BCUT2D eigenvalue weighted by molar-refractivity contribution is 0.101. The summed E-state index contributed by atoms with van der Waals surface area (Å²) in [5.41, 5.74) is 2.11. The summed E-state index contributed by atoms with van der Waals surface area (Å²) in [6, 6.07) is 14.1. The molecule has 1 aromatic heterocycles. The molecule has 0 saturated heterocycles. The number of anilines is 2. The smallest absolute Gasteiger partial charge is 0.274 e. The fourth-order valence-corrected chi connectivity index (χ4v) is 2.41. The van der Waals surface area contributed by atoms with Gasteiger partial charge in [-0.15, -0.1) is 10.2 Å². The summed E-state index contributed by atoms with van der Waals surface area (Å²) in [5, 5.41) is 11.6. The van der Waals surface area contributed by atoms with Gasteiger partial charge in [-0.2, -0.15) is 0 Å². The number of carbonyl (C=O) groups is 1. The highest BCUT2D eigenvalue weighted by Crippen LogP contribution is 2.15. The maximum absolute atomic E-state index is 12.2. The monoisotopic (exact) mass is 354 g/mol. The Morgan fingerprint density at radius 1 is 1.16 bits per heavy atom. The minimum Gasteiger partial charge on any atom is -0.324 e. The van der Waals surface area contributed by atoms with Crippen molar-refractivity contribution < 1.29 is 4.79 Å². The van der Waals surface area contributed by atoms with E-state index in [0.717, 1.165) is 5.56 Å².